The topological polar surface area (TPSA) is 51.2 Å². The van der Waals surface area contributed by atoms with Crippen LogP contribution in [0.15, 0.2) is 11.5 Å². The van der Waals surface area contributed by atoms with Crippen molar-refractivity contribution < 1.29 is 13.2 Å². The van der Waals surface area contributed by atoms with Gasteiger partial charge in [-0.15, -0.1) is 0 Å². The number of rotatable bonds is 0. The number of ketones is 1. The van der Waals surface area contributed by atoms with Gasteiger partial charge in [0.15, 0.2) is 15.6 Å². The van der Waals surface area contributed by atoms with E-state index in [4.69, 9.17) is 0 Å². The van der Waals surface area contributed by atoms with Crippen LogP contribution in [-0.2, 0) is 14.6 Å². The molecule has 0 aliphatic carbocycles. The molecule has 1 rings (SSSR count). The van der Waals surface area contributed by atoms with Crippen molar-refractivity contribution in [1.29, 1.82) is 0 Å². The van der Waals surface area contributed by atoms with E-state index in [0.29, 0.717) is 0 Å². The number of allylic oxidation sites excluding steroid dienone is 1. The average molecular weight is 146 g/mol. The van der Waals surface area contributed by atoms with Gasteiger partial charge in [-0.3, -0.25) is 4.79 Å². The first-order valence-corrected chi connectivity index (χ1v) is 4.10. The molecule has 0 atom stereocenters. The molecule has 1 heterocycles. The smallest absolute Gasteiger partial charge is 0.181 e. The van der Waals surface area contributed by atoms with Gasteiger partial charge in [0, 0.05) is 11.3 Å². The van der Waals surface area contributed by atoms with Gasteiger partial charge < -0.3 is 0 Å². The van der Waals surface area contributed by atoms with Crippen LogP contribution in [0, 0.1) is 0 Å². The summed E-state index contributed by atoms with van der Waals surface area (Å²) in [6.45, 7) is 3.25. The van der Waals surface area contributed by atoms with Crippen molar-refractivity contribution in [3.8, 4) is 0 Å². The van der Waals surface area contributed by atoms with E-state index in [-0.39, 0.29) is 22.9 Å². The second-order valence-electron chi connectivity index (χ2n) is 2.01. The van der Waals surface area contributed by atoms with E-state index in [2.05, 4.69) is 6.58 Å². The number of carbonyl (C=O) groups is 1. The molecule has 9 heavy (non-hydrogen) atoms. The molecule has 0 amide bonds. The van der Waals surface area contributed by atoms with Crippen molar-refractivity contribution in [1.82, 2.24) is 0 Å². The summed E-state index contributed by atoms with van der Waals surface area (Å²) in [5.41, 5.74) is 0. The second kappa shape index (κ2) is 1.67. The number of Topliss-reactive ketones (excluding diaryl/α,β-unsaturated/α-hetero) is 1. The molecule has 0 aromatic rings. The lowest BCUT2D eigenvalue weighted by atomic mass is 10.3. The number of hydrogen-bond donors (Lipinski definition) is 0. The molecule has 0 N–H and O–H groups in total. The zero-order chi connectivity index (χ0) is 7.07. The monoisotopic (exact) mass is 146 g/mol. The zero-order valence-electron chi connectivity index (χ0n) is 4.75. The third kappa shape index (κ3) is 1.03. The summed E-state index contributed by atoms with van der Waals surface area (Å²) >= 11 is 0. The SMILES string of the molecule is C=C1CC(=O)CS1(=O)=O. The summed E-state index contributed by atoms with van der Waals surface area (Å²) in [4.78, 5) is 10.5. The molecule has 0 aromatic carbocycles. The van der Waals surface area contributed by atoms with Gasteiger partial charge in [-0.1, -0.05) is 6.58 Å². The van der Waals surface area contributed by atoms with E-state index in [9.17, 15) is 13.2 Å². The Balaban J connectivity index is 3.10. The highest BCUT2D eigenvalue weighted by atomic mass is 32.2. The zero-order valence-corrected chi connectivity index (χ0v) is 5.57. The van der Waals surface area contributed by atoms with Crippen LogP contribution in [0.5, 0.6) is 0 Å². The van der Waals surface area contributed by atoms with Crippen molar-refractivity contribution in [3.05, 3.63) is 11.5 Å². The Labute approximate surface area is 53.3 Å². The summed E-state index contributed by atoms with van der Waals surface area (Å²) < 4.78 is 21.3. The average Bonchev–Trinajstić information content (AvgIpc) is 1.79. The first kappa shape index (κ1) is 6.48. The Kier molecular flexibility index (Phi) is 1.20. The fraction of sp³-hybridized carbons (Fsp3) is 0.400. The molecule has 4 heteroatoms. The van der Waals surface area contributed by atoms with Crippen LogP contribution < -0.4 is 0 Å². The minimum absolute atomic E-state index is 0.0162. The number of carbonyl (C=O) groups excluding carboxylic acids is 1. The van der Waals surface area contributed by atoms with E-state index in [0.717, 1.165) is 0 Å². The maximum Gasteiger partial charge on any atom is 0.181 e. The lowest BCUT2D eigenvalue weighted by molar-refractivity contribution is -0.115. The van der Waals surface area contributed by atoms with Crippen LogP contribution in [0.1, 0.15) is 6.42 Å². The third-order valence-corrected chi connectivity index (χ3v) is 2.91. The van der Waals surface area contributed by atoms with Crippen LogP contribution in [0.2, 0.25) is 0 Å². The Morgan fingerprint density at radius 1 is 1.44 bits per heavy atom. The molecule has 1 aliphatic heterocycles. The minimum Gasteiger partial charge on any atom is -0.298 e. The highest BCUT2D eigenvalue weighted by molar-refractivity contribution is 7.96. The van der Waals surface area contributed by atoms with E-state index in [1.165, 1.54) is 0 Å². The lowest BCUT2D eigenvalue weighted by Crippen LogP contribution is -2.01. The van der Waals surface area contributed by atoms with Gasteiger partial charge in [0.25, 0.3) is 0 Å². The standard InChI is InChI=1S/C5H6O3S/c1-4-2-5(6)3-9(4,7)8/h1-3H2. The molecule has 1 aliphatic rings. The van der Waals surface area contributed by atoms with Crippen molar-refractivity contribution >= 4 is 15.6 Å². The molecule has 0 bridgehead atoms. The molecular formula is C5H6O3S. The first-order valence-electron chi connectivity index (χ1n) is 2.44. The maximum absolute atomic E-state index is 10.7. The van der Waals surface area contributed by atoms with E-state index in [1.807, 2.05) is 0 Å². The molecule has 0 spiro atoms. The Hall–Kier alpha value is -0.640. The molecule has 1 fully saturated rings. The molecule has 1 saturated heterocycles. The highest BCUT2D eigenvalue weighted by Crippen LogP contribution is 2.18. The number of hydrogen-bond acceptors (Lipinski definition) is 3. The molecule has 0 unspecified atom stereocenters. The van der Waals surface area contributed by atoms with Gasteiger partial charge in [0.2, 0.25) is 0 Å². The Bertz CT molecular complexity index is 260. The van der Waals surface area contributed by atoms with Gasteiger partial charge in [-0.25, -0.2) is 8.42 Å². The Morgan fingerprint density at radius 2 is 2.00 bits per heavy atom. The van der Waals surface area contributed by atoms with Crippen LogP contribution in [0.25, 0.3) is 0 Å². The van der Waals surface area contributed by atoms with Crippen LogP contribution >= 0.6 is 0 Å². The van der Waals surface area contributed by atoms with Gasteiger partial charge in [0.05, 0.1) is 0 Å². The molecule has 0 saturated carbocycles. The predicted molar refractivity (Wildman–Crippen MR) is 32.6 cm³/mol. The lowest BCUT2D eigenvalue weighted by Gasteiger charge is -1.85. The van der Waals surface area contributed by atoms with Crippen LogP contribution in [-0.4, -0.2) is 20.0 Å². The summed E-state index contributed by atoms with van der Waals surface area (Å²) in [6, 6.07) is 0. The largest absolute Gasteiger partial charge is 0.298 e. The highest BCUT2D eigenvalue weighted by Gasteiger charge is 2.29. The summed E-state index contributed by atoms with van der Waals surface area (Å²) in [5.74, 6) is -0.591. The summed E-state index contributed by atoms with van der Waals surface area (Å²) in [5, 5.41) is 0. The fourth-order valence-corrected chi connectivity index (χ4v) is 1.81. The van der Waals surface area contributed by atoms with Crippen molar-refractivity contribution in [2.75, 3.05) is 5.75 Å². The summed E-state index contributed by atoms with van der Waals surface area (Å²) in [7, 11) is -3.22. The van der Waals surface area contributed by atoms with Gasteiger partial charge in [-0.05, 0) is 0 Å². The van der Waals surface area contributed by atoms with Crippen LogP contribution in [0.4, 0.5) is 0 Å². The van der Waals surface area contributed by atoms with Crippen molar-refractivity contribution in [3.63, 3.8) is 0 Å². The Morgan fingerprint density at radius 3 is 2.11 bits per heavy atom. The summed E-state index contributed by atoms with van der Waals surface area (Å²) in [6.07, 6.45) is 0.0162. The molecule has 3 nitrogen and oxygen atoms in total. The fourth-order valence-electron chi connectivity index (χ4n) is 0.695. The molecule has 0 radical (unpaired) electrons. The maximum atomic E-state index is 10.7. The predicted octanol–water partition coefficient (Wildman–Crippen LogP) is -0.112. The van der Waals surface area contributed by atoms with E-state index < -0.39 is 9.84 Å². The minimum atomic E-state index is -3.22. The van der Waals surface area contributed by atoms with Gasteiger partial charge in [-0.2, -0.15) is 0 Å². The first-order chi connectivity index (χ1) is 4.02. The number of sulfone groups is 1. The van der Waals surface area contributed by atoms with Crippen LogP contribution in [0.3, 0.4) is 0 Å². The third-order valence-electron chi connectivity index (χ3n) is 1.19. The molecule has 50 valence electrons. The van der Waals surface area contributed by atoms with Gasteiger partial charge in [0.1, 0.15) is 5.75 Å². The van der Waals surface area contributed by atoms with E-state index >= 15 is 0 Å². The normalized spacial score (nSPS) is 24.9. The second-order valence-corrected chi connectivity index (χ2v) is 4.11. The van der Waals surface area contributed by atoms with Crippen molar-refractivity contribution in [2.24, 2.45) is 0 Å². The van der Waals surface area contributed by atoms with E-state index in [1.54, 1.807) is 0 Å². The van der Waals surface area contributed by atoms with Gasteiger partial charge >= 0.3 is 0 Å². The molecular weight excluding hydrogens is 140 g/mol. The van der Waals surface area contributed by atoms with Crippen molar-refractivity contribution in [2.45, 2.75) is 6.42 Å². The quantitative estimate of drug-likeness (QED) is 0.479. The molecule has 0 aromatic heterocycles.